The maximum atomic E-state index is 12.9. The third-order valence-corrected chi connectivity index (χ3v) is 4.93. The summed E-state index contributed by atoms with van der Waals surface area (Å²) in [5.74, 6) is -1.06. The molecule has 0 saturated heterocycles. The number of aliphatic carboxylic acids is 1. The molecule has 1 aliphatic carbocycles. The molecule has 0 unspecified atom stereocenters. The highest BCUT2D eigenvalue weighted by atomic mass is 19.1. The first-order valence-electron chi connectivity index (χ1n) is 9.20. The molecule has 0 radical (unpaired) electrons. The lowest BCUT2D eigenvalue weighted by Gasteiger charge is -2.14. The van der Waals surface area contributed by atoms with Gasteiger partial charge in [-0.3, -0.25) is 14.4 Å². The van der Waals surface area contributed by atoms with Crippen LogP contribution in [0.2, 0.25) is 0 Å². The average Bonchev–Trinajstić information content (AvgIpc) is 2.96. The number of unbranched alkanes of at least 4 members (excludes halogenated alkanes) is 3. The van der Waals surface area contributed by atoms with Gasteiger partial charge in [0.05, 0.1) is 0 Å². The molecular formula is C21H25FO4. The van der Waals surface area contributed by atoms with Crippen molar-refractivity contribution >= 4 is 17.5 Å². The third kappa shape index (κ3) is 6.21. The van der Waals surface area contributed by atoms with E-state index in [4.69, 9.17) is 5.11 Å². The summed E-state index contributed by atoms with van der Waals surface area (Å²) in [6.07, 6.45) is 8.94. The van der Waals surface area contributed by atoms with E-state index >= 15 is 0 Å². The minimum absolute atomic E-state index is 0.0493. The van der Waals surface area contributed by atoms with Crippen molar-refractivity contribution in [3.05, 3.63) is 47.8 Å². The lowest BCUT2D eigenvalue weighted by atomic mass is 9.89. The summed E-state index contributed by atoms with van der Waals surface area (Å²) in [6, 6.07) is 5.42. The lowest BCUT2D eigenvalue weighted by molar-refractivity contribution is -0.137. The number of rotatable bonds is 10. The van der Waals surface area contributed by atoms with Gasteiger partial charge in [-0.05, 0) is 55.5 Å². The van der Waals surface area contributed by atoms with E-state index in [1.165, 1.54) is 30.3 Å². The minimum atomic E-state index is -0.771. The van der Waals surface area contributed by atoms with Gasteiger partial charge in [0, 0.05) is 24.3 Å². The van der Waals surface area contributed by atoms with Gasteiger partial charge in [-0.2, -0.15) is 0 Å². The largest absolute Gasteiger partial charge is 0.481 e. The zero-order chi connectivity index (χ0) is 18.9. The topological polar surface area (TPSA) is 71.4 Å². The number of allylic oxidation sites excluding steroid dienone is 2. The second kappa shape index (κ2) is 10.00. The Morgan fingerprint density at radius 3 is 2.50 bits per heavy atom. The van der Waals surface area contributed by atoms with Gasteiger partial charge in [0.2, 0.25) is 0 Å². The SMILES string of the molecule is O=C(O)CCCCCC[C@@H]1C(=O)CC[C@H]1C=CC(=O)c1ccc(F)cc1. The average molecular weight is 360 g/mol. The summed E-state index contributed by atoms with van der Waals surface area (Å²) in [7, 11) is 0. The quantitative estimate of drug-likeness (QED) is 0.376. The molecule has 5 heteroatoms. The second-order valence-corrected chi connectivity index (χ2v) is 6.85. The molecule has 1 aromatic carbocycles. The normalized spacial score (nSPS) is 20.0. The number of benzene rings is 1. The van der Waals surface area contributed by atoms with Gasteiger partial charge >= 0.3 is 5.97 Å². The van der Waals surface area contributed by atoms with Crippen LogP contribution in [0, 0.1) is 17.7 Å². The van der Waals surface area contributed by atoms with Crippen LogP contribution in [0.4, 0.5) is 4.39 Å². The van der Waals surface area contributed by atoms with Gasteiger partial charge < -0.3 is 5.11 Å². The fraction of sp³-hybridized carbons (Fsp3) is 0.476. The zero-order valence-corrected chi connectivity index (χ0v) is 14.8. The third-order valence-electron chi connectivity index (χ3n) is 4.93. The van der Waals surface area contributed by atoms with E-state index in [0.717, 1.165) is 32.1 Å². The fourth-order valence-electron chi connectivity index (χ4n) is 3.46. The first kappa shape index (κ1) is 20.0. The number of Topliss-reactive ketones (excluding diaryl/α,β-unsaturated/α-hetero) is 1. The monoisotopic (exact) mass is 360 g/mol. The number of carboxylic acids is 1. The molecule has 26 heavy (non-hydrogen) atoms. The van der Waals surface area contributed by atoms with Gasteiger partial charge in [0.25, 0.3) is 0 Å². The fourth-order valence-corrected chi connectivity index (χ4v) is 3.46. The predicted octanol–water partition coefficient (Wildman–Crippen LogP) is 4.59. The molecular weight excluding hydrogens is 335 g/mol. The van der Waals surface area contributed by atoms with Crippen LogP contribution in [0.15, 0.2) is 36.4 Å². The molecule has 0 bridgehead atoms. The highest BCUT2D eigenvalue weighted by Gasteiger charge is 2.32. The molecule has 0 aliphatic heterocycles. The molecule has 0 spiro atoms. The molecule has 4 nitrogen and oxygen atoms in total. The highest BCUT2D eigenvalue weighted by Crippen LogP contribution is 2.34. The van der Waals surface area contributed by atoms with Gasteiger partial charge in [0.1, 0.15) is 11.6 Å². The smallest absolute Gasteiger partial charge is 0.303 e. The Bertz CT molecular complexity index is 663. The number of carbonyl (C=O) groups is 3. The van der Waals surface area contributed by atoms with E-state index in [1.807, 2.05) is 6.08 Å². The Morgan fingerprint density at radius 1 is 1.12 bits per heavy atom. The van der Waals surface area contributed by atoms with E-state index in [-0.39, 0.29) is 35.6 Å². The van der Waals surface area contributed by atoms with Crippen molar-refractivity contribution in [3.63, 3.8) is 0 Å². The molecule has 0 heterocycles. The van der Waals surface area contributed by atoms with Crippen LogP contribution in [-0.2, 0) is 9.59 Å². The summed E-state index contributed by atoms with van der Waals surface area (Å²) in [5, 5.41) is 8.61. The standard InChI is InChI=1S/C21H25FO4/c22-17-11-7-16(8-12-17)19(23)13-9-15-10-14-20(24)18(15)5-3-1-2-4-6-21(25)26/h7-9,11-13,15,18H,1-6,10,14H2,(H,25,26)/t15-,18+/m1/s1. The Hall–Kier alpha value is -2.30. The summed E-state index contributed by atoms with van der Waals surface area (Å²) in [6.45, 7) is 0. The van der Waals surface area contributed by atoms with Gasteiger partial charge in [-0.1, -0.05) is 25.3 Å². The van der Waals surface area contributed by atoms with Crippen LogP contribution in [0.5, 0.6) is 0 Å². The maximum absolute atomic E-state index is 12.9. The molecule has 1 aromatic rings. The molecule has 1 saturated carbocycles. The van der Waals surface area contributed by atoms with Gasteiger partial charge in [0.15, 0.2) is 5.78 Å². The first-order valence-corrected chi connectivity index (χ1v) is 9.20. The van der Waals surface area contributed by atoms with E-state index < -0.39 is 5.97 Å². The van der Waals surface area contributed by atoms with Crippen LogP contribution < -0.4 is 0 Å². The number of ketones is 2. The van der Waals surface area contributed by atoms with Crippen molar-refractivity contribution in [2.75, 3.05) is 0 Å². The molecule has 2 atom stereocenters. The Labute approximate surface area is 153 Å². The van der Waals surface area contributed by atoms with Crippen LogP contribution in [0.25, 0.3) is 0 Å². The van der Waals surface area contributed by atoms with E-state index in [1.54, 1.807) is 0 Å². The number of carboxylic acid groups (broad SMARTS) is 1. The molecule has 2 rings (SSSR count). The Morgan fingerprint density at radius 2 is 1.81 bits per heavy atom. The number of hydrogen-bond acceptors (Lipinski definition) is 3. The Kier molecular flexibility index (Phi) is 7.70. The lowest BCUT2D eigenvalue weighted by Crippen LogP contribution is -2.13. The van der Waals surface area contributed by atoms with Crippen molar-refractivity contribution in [2.45, 2.75) is 51.4 Å². The van der Waals surface area contributed by atoms with Crippen LogP contribution in [0.3, 0.4) is 0 Å². The van der Waals surface area contributed by atoms with Gasteiger partial charge in [-0.25, -0.2) is 4.39 Å². The maximum Gasteiger partial charge on any atom is 0.303 e. The molecule has 140 valence electrons. The molecule has 1 fully saturated rings. The summed E-state index contributed by atoms with van der Waals surface area (Å²) < 4.78 is 12.9. The molecule has 0 aromatic heterocycles. The molecule has 1 N–H and O–H groups in total. The van der Waals surface area contributed by atoms with Crippen LogP contribution in [-0.4, -0.2) is 22.6 Å². The van der Waals surface area contributed by atoms with Crippen molar-refractivity contribution in [1.82, 2.24) is 0 Å². The highest BCUT2D eigenvalue weighted by molar-refractivity contribution is 6.04. The number of hydrogen-bond donors (Lipinski definition) is 1. The number of halogens is 1. The van der Waals surface area contributed by atoms with E-state index in [2.05, 4.69) is 0 Å². The van der Waals surface area contributed by atoms with Crippen molar-refractivity contribution in [2.24, 2.45) is 11.8 Å². The summed E-state index contributed by atoms with van der Waals surface area (Å²) >= 11 is 0. The molecule has 1 aliphatic rings. The van der Waals surface area contributed by atoms with Crippen LogP contribution >= 0.6 is 0 Å². The summed E-state index contributed by atoms with van der Waals surface area (Å²) in [5.41, 5.74) is 0.432. The zero-order valence-electron chi connectivity index (χ0n) is 14.8. The second-order valence-electron chi connectivity index (χ2n) is 6.85. The summed E-state index contributed by atoms with van der Waals surface area (Å²) in [4.78, 5) is 34.7. The van der Waals surface area contributed by atoms with E-state index in [9.17, 15) is 18.8 Å². The number of carbonyl (C=O) groups excluding carboxylic acids is 2. The van der Waals surface area contributed by atoms with Crippen molar-refractivity contribution in [1.29, 1.82) is 0 Å². The minimum Gasteiger partial charge on any atom is -0.481 e. The Balaban J connectivity index is 1.81. The van der Waals surface area contributed by atoms with Crippen LogP contribution in [0.1, 0.15) is 61.7 Å². The van der Waals surface area contributed by atoms with Crippen molar-refractivity contribution < 1.29 is 23.9 Å². The van der Waals surface area contributed by atoms with E-state index in [0.29, 0.717) is 18.4 Å². The predicted molar refractivity (Wildman–Crippen MR) is 96.4 cm³/mol. The van der Waals surface area contributed by atoms with Gasteiger partial charge in [-0.15, -0.1) is 0 Å². The first-order chi connectivity index (χ1) is 12.5. The van der Waals surface area contributed by atoms with Crippen molar-refractivity contribution in [3.8, 4) is 0 Å². The molecule has 0 amide bonds.